The topological polar surface area (TPSA) is 58.5 Å². The molecule has 0 radical (unpaired) electrons. The van der Waals surface area contributed by atoms with Gasteiger partial charge in [-0.05, 0) is 31.6 Å². The van der Waals surface area contributed by atoms with Gasteiger partial charge in [0.2, 0.25) is 0 Å². The zero-order chi connectivity index (χ0) is 18.8. The standard InChI is InChI=1S/C19H34N4OS2/c1-5-20-17(21-9-7-12-25-18-22-10-13-26-18)23-14-15-8-6-11-24-16(15)19(2,3)4/h10,13,15-16H,5-9,11-12,14H2,1-4H3,(H2,20,21,23). The molecule has 7 heteroatoms. The second-order valence-corrected chi connectivity index (χ2v) is 9.94. The number of hydrogen-bond acceptors (Lipinski definition) is 5. The zero-order valence-electron chi connectivity index (χ0n) is 16.6. The summed E-state index contributed by atoms with van der Waals surface area (Å²) in [7, 11) is 0. The lowest BCUT2D eigenvalue weighted by Gasteiger charge is -2.39. The van der Waals surface area contributed by atoms with E-state index in [1.165, 1.54) is 6.42 Å². The van der Waals surface area contributed by atoms with Gasteiger partial charge in [0.25, 0.3) is 0 Å². The number of rotatable bonds is 8. The van der Waals surface area contributed by atoms with Crippen LogP contribution in [0.1, 0.15) is 47.0 Å². The van der Waals surface area contributed by atoms with Crippen molar-refractivity contribution in [1.29, 1.82) is 0 Å². The summed E-state index contributed by atoms with van der Waals surface area (Å²) in [4.78, 5) is 9.15. The maximum Gasteiger partial charge on any atom is 0.191 e. The number of aromatic nitrogens is 1. The lowest BCUT2D eigenvalue weighted by molar-refractivity contribution is -0.0823. The fourth-order valence-corrected chi connectivity index (χ4v) is 4.91. The highest BCUT2D eigenvalue weighted by Crippen LogP contribution is 2.34. The van der Waals surface area contributed by atoms with Gasteiger partial charge in [0, 0.05) is 49.5 Å². The van der Waals surface area contributed by atoms with Crippen LogP contribution in [0.3, 0.4) is 0 Å². The first-order chi connectivity index (χ1) is 12.5. The number of thioether (sulfide) groups is 1. The molecule has 0 aliphatic carbocycles. The van der Waals surface area contributed by atoms with Gasteiger partial charge in [0.1, 0.15) is 4.34 Å². The van der Waals surface area contributed by atoms with E-state index < -0.39 is 0 Å². The number of nitrogens with one attached hydrogen (secondary N) is 2. The molecule has 5 nitrogen and oxygen atoms in total. The minimum absolute atomic E-state index is 0.166. The molecular formula is C19H34N4OS2. The van der Waals surface area contributed by atoms with Crippen LogP contribution in [0.2, 0.25) is 0 Å². The molecule has 1 aromatic heterocycles. The number of nitrogens with zero attached hydrogens (tertiary/aromatic N) is 2. The van der Waals surface area contributed by atoms with Crippen LogP contribution in [0, 0.1) is 11.3 Å². The van der Waals surface area contributed by atoms with E-state index in [0.717, 1.165) is 55.1 Å². The van der Waals surface area contributed by atoms with Crippen LogP contribution in [0.15, 0.2) is 20.9 Å². The van der Waals surface area contributed by atoms with Crippen LogP contribution in [0.25, 0.3) is 0 Å². The maximum absolute atomic E-state index is 6.08. The Labute approximate surface area is 166 Å². The zero-order valence-corrected chi connectivity index (χ0v) is 18.2. The molecule has 0 aromatic carbocycles. The van der Waals surface area contributed by atoms with Gasteiger partial charge >= 0.3 is 0 Å². The fourth-order valence-electron chi connectivity index (χ4n) is 3.26. The quantitative estimate of drug-likeness (QED) is 0.300. The normalized spacial score (nSPS) is 21.6. The average Bonchev–Trinajstić information content (AvgIpc) is 3.12. The summed E-state index contributed by atoms with van der Waals surface area (Å²) < 4.78 is 7.23. The molecule has 1 aliphatic rings. The second kappa shape index (κ2) is 11.1. The van der Waals surface area contributed by atoms with Crippen LogP contribution in [-0.4, -0.2) is 49.0 Å². The number of guanidine groups is 1. The van der Waals surface area contributed by atoms with Crippen molar-refractivity contribution in [2.24, 2.45) is 16.3 Å². The maximum atomic E-state index is 6.08. The van der Waals surface area contributed by atoms with Gasteiger partial charge in [-0.15, -0.1) is 11.3 Å². The molecule has 1 fully saturated rings. The molecule has 2 heterocycles. The number of ether oxygens (including phenoxy) is 1. The summed E-state index contributed by atoms with van der Waals surface area (Å²) in [5, 5.41) is 8.85. The Morgan fingerprint density at radius 1 is 1.42 bits per heavy atom. The van der Waals surface area contributed by atoms with E-state index in [2.05, 4.69) is 43.3 Å². The van der Waals surface area contributed by atoms with E-state index in [1.807, 2.05) is 23.3 Å². The SMILES string of the molecule is CCNC(=NCC1CCCOC1C(C)(C)C)NCCCSc1nccs1. The fraction of sp³-hybridized carbons (Fsp3) is 0.789. The molecule has 1 saturated heterocycles. The predicted octanol–water partition coefficient (Wildman–Crippen LogP) is 4.02. The van der Waals surface area contributed by atoms with Crippen LogP contribution < -0.4 is 10.6 Å². The Bertz CT molecular complexity index is 528. The van der Waals surface area contributed by atoms with E-state index >= 15 is 0 Å². The van der Waals surface area contributed by atoms with E-state index in [-0.39, 0.29) is 11.5 Å². The third kappa shape index (κ3) is 7.45. The van der Waals surface area contributed by atoms with Crippen molar-refractivity contribution in [3.63, 3.8) is 0 Å². The first kappa shape index (κ1) is 21.5. The summed E-state index contributed by atoms with van der Waals surface area (Å²) in [5.41, 5.74) is 0.166. The third-order valence-corrected chi connectivity index (χ3v) is 6.43. The largest absolute Gasteiger partial charge is 0.377 e. The van der Waals surface area contributed by atoms with Crippen molar-refractivity contribution in [2.45, 2.75) is 57.4 Å². The van der Waals surface area contributed by atoms with Crippen molar-refractivity contribution in [1.82, 2.24) is 15.6 Å². The molecule has 2 atom stereocenters. The smallest absolute Gasteiger partial charge is 0.191 e. The molecule has 2 N–H and O–H groups in total. The predicted molar refractivity (Wildman–Crippen MR) is 113 cm³/mol. The van der Waals surface area contributed by atoms with Gasteiger partial charge < -0.3 is 15.4 Å². The minimum atomic E-state index is 0.166. The molecule has 1 aliphatic heterocycles. The van der Waals surface area contributed by atoms with Gasteiger partial charge in [0.05, 0.1) is 6.10 Å². The molecular weight excluding hydrogens is 364 g/mol. The Morgan fingerprint density at radius 2 is 2.27 bits per heavy atom. The van der Waals surface area contributed by atoms with Crippen LogP contribution in [0.4, 0.5) is 0 Å². The highest BCUT2D eigenvalue weighted by Gasteiger charge is 2.35. The Morgan fingerprint density at radius 3 is 2.96 bits per heavy atom. The molecule has 2 rings (SSSR count). The Balaban J connectivity index is 1.77. The highest BCUT2D eigenvalue weighted by atomic mass is 32.2. The van der Waals surface area contributed by atoms with E-state index in [9.17, 15) is 0 Å². The summed E-state index contributed by atoms with van der Waals surface area (Å²) in [6, 6.07) is 0. The van der Waals surface area contributed by atoms with Crippen molar-refractivity contribution in [2.75, 3.05) is 32.0 Å². The van der Waals surface area contributed by atoms with E-state index in [1.54, 1.807) is 11.3 Å². The van der Waals surface area contributed by atoms with Crippen molar-refractivity contribution in [3.8, 4) is 0 Å². The molecule has 26 heavy (non-hydrogen) atoms. The first-order valence-corrected chi connectivity index (χ1v) is 11.5. The molecule has 0 saturated carbocycles. The highest BCUT2D eigenvalue weighted by molar-refractivity contribution is 8.00. The third-order valence-electron chi connectivity index (χ3n) is 4.38. The van der Waals surface area contributed by atoms with Gasteiger partial charge in [-0.25, -0.2) is 4.98 Å². The molecule has 0 bridgehead atoms. The van der Waals surface area contributed by atoms with Crippen LogP contribution in [0.5, 0.6) is 0 Å². The van der Waals surface area contributed by atoms with Gasteiger partial charge in [-0.2, -0.15) is 0 Å². The molecule has 148 valence electrons. The van der Waals surface area contributed by atoms with Gasteiger partial charge in [0.15, 0.2) is 5.96 Å². The van der Waals surface area contributed by atoms with E-state index in [4.69, 9.17) is 9.73 Å². The van der Waals surface area contributed by atoms with Crippen LogP contribution >= 0.6 is 23.1 Å². The summed E-state index contributed by atoms with van der Waals surface area (Å²) in [6.07, 6.45) is 5.59. The molecule has 1 aromatic rings. The number of thiazole rings is 1. The number of hydrogen-bond donors (Lipinski definition) is 2. The van der Waals surface area contributed by atoms with E-state index in [0.29, 0.717) is 5.92 Å². The number of aliphatic imine (C=N–C) groups is 1. The van der Waals surface area contributed by atoms with Crippen molar-refractivity contribution >= 4 is 29.1 Å². The van der Waals surface area contributed by atoms with Crippen molar-refractivity contribution in [3.05, 3.63) is 11.6 Å². The van der Waals surface area contributed by atoms with Crippen LogP contribution in [-0.2, 0) is 4.74 Å². The van der Waals surface area contributed by atoms with Gasteiger partial charge in [-0.3, -0.25) is 4.99 Å². The summed E-state index contributed by atoms with van der Waals surface area (Å²) >= 11 is 3.53. The summed E-state index contributed by atoms with van der Waals surface area (Å²) in [5.74, 6) is 2.49. The monoisotopic (exact) mass is 398 g/mol. The van der Waals surface area contributed by atoms with Gasteiger partial charge in [-0.1, -0.05) is 32.5 Å². The van der Waals surface area contributed by atoms with Crippen molar-refractivity contribution < 1.29 is 4.74 Å². The minimum Gasteiger partial charge on any atom is -0.377 e. The molecule has 2 unspecified atom stereocenters. The Hall–Kier alpha value is -0.790. The molecule has 0 spiro atoms. The second-order valence-electron chi connectivity index (χ2n) is 7.71. The molecule has 0 amide bonds. The average molecular weight is 399 g/mol. The Kier molecular flexibility index (Phi) is 9.22. The summed E-state index contributed by atoms with van der Waals surface area (Å²) in [6.45, 7) is 12.4. The first-order valence-electron chi connectivity index (χ1n) is 9.66. The lowest BCUT2D eigenvalue weighted by atomic mass is 9.78. The lowest BCUT2D eigenvalue weighted by Crippen LogP contribution is -2.43.